The zero-order valence-corrected chi connectivity index (χ0v) is 18.3. The number of fused-ring (bicyclic) bond motifs is 2. The van der Waals surface area contributed by atoms with E-state index in [1.807, 2.05) is 0 Å². The van der Waals surface area contributed by atoms with Gasteiger partial charge >= 0.3 is 6.03 Å². The summed E-state index contributed by atoms with van der Waals surface area (Å²) in [5, 5.41) is 14.2. The molecular weight excluding hydrogens is 458 g/mol. The summed E-state index contributed by atoms with van der Waals surface area (Å²) in [5.41, 5.74) is -0.301. The molecule has 2 aliphatic rings. The molecule has 3 aromatic rings. The van der Waals surface area contributed by atoms with E-state index < -0.39 is 27.7 Å². The Kier molecular flexibility index (Phi) is 5.01. The van der Waals surface area contributed by atoms with Crippen LogP contribution in [0, 0.1) is 11.6 Å². The maximum absolute atomic E-state index is 14.6. The number of phenols is 1. The van der Waals surface area contributed by atoms with Gasteiger partial charge in [0, 0.05) is 30.8 Å². The topological polar surface area (TPSA) is 116 Å². The van der Waals surface area contributed by atoms with E-state index in [4.69, 9.17) is 4.52 Å². The van der Waals surface area contributed by atoms with Crippen LogP contribution in [0.2, 0.25) is 0 Å². The number of halogens is 2. The number of rotatable bonds is 5. The van der Waals surface area contributed by atoms with Gasteiger partial charge in [0.15, 0.2) is 11.4 Å². The van der Waals surface area contributed by atoms with E-state index in [0.29, 0.717) is 6.42 Å². The van der Waals surface area contributed by atoms with Crippen molar-refractivity contribution in [3.8, 4) is 16.9 Å². The number of urea groups is 1. The van der Waals surface area contributed by atoms with E-state index in [2.05, 4.69) is 9.88 Å². The lowest BCUT2D eigenvalue weighted by molar-refractivity contribution is 0.218. The van der Waals surface area contributed by atoms with Crippen molar-refractivity contribution in [2.24, 2.45) is 0 Å². The number of nitrogens with one attached hydrogen (secondary N) is 1. The molecule has 2 amide bonds. The molecule has 0 bridgehead atoms. The third kappa shape index (κ3) is 3.59. The minimum absolute atomic E-state index is 0.00490. The predicted molar refractivity (Wildman–Crippen MR) is 115 cm³/mol. The fourth-order valence-electron chi connectivity index (χ4n) is 4.55. The zero-order valence-electron chi connectivity index (χ0n) is 17.5. The van der Waals surface area contributed by atoms with Crippen LogP contribution in [0.15, 0.2) is 34.9 Å². The van der Waals surface area contributed by atoms with Gasteiger partial charge in [-0.15, -0.1) is 0 Å². The molecule has 2 atom stereocenters. The number of hydrogen-bond donors (Lipinski definition) is 2. The number of amides is 2. The number of anilines is 1. The number of phenolic OH excluding ortho intramolecular Hbond substituents is 1. The molecule has 5 rings (SSSR count). The van der Waals surface area contributed by atoms with Gasteiger partial charge in [-0.1, -0.05) is 11.2 Å². The first-order valence-electron chi connectivity index (χ1n) is 10.3. The van der Waals surface area contributed by atoms with Crippen molar-refractivity contribution >= 4 is 32.8 Å². The van der Waals surface area contributed by atoms with Gasteiger partial charge in [-0.05, 0) is 31.5 Å². The van der Waals surface area contributed by atoms with Gasteiger partial charge in [0.25, 0.3) is 0 Å². The minimum atomic E-state index is -3.41. The molecule has 9 nitrogen and oxygen atoms in total. The van der Waals surface area contributed by atoms with Gasteiger partial charge < -0.3 is 14.5 Å². The number of carbonyl (C=O) groups excluding carboxylic acids is 1. The predicted octanol–water partition coefficient (Wildman–Crippen LogP) is 2.80. The maximum Gasteiger partial charge on any atom is 0.326 e. The molecule has 3 heterocycles. The Morgan fingerprint density at radius 1 is 1.24 bits per heavy atom. The highest BCUT2D eigenvalue weighted by molar-refractivity contribution is 7.89. The Hall–Kier alpha value is -3.25. The summed E-state index contributed by atoms with van der Waals surface area (Å²) in [6.07, 6.45) is 0.423. The Balaban J connectivity index is 1.52. The quantitative estimate of drug-likeness (QED) is 0.583. The SMILES string of the molecule is CCS(=O)(=O)N[C@H]1C[C@H]2CN(c3noc4cc(O)cc(-c5c(F)cccc5F)c34)C(=O)N2C1. The second kappa shape index (κ2) is 7.66. The molecule has 12 heteroatoms. The van der Waals surface area contributed by atoms with E-state index in [0.717, 1.165) is 12.1 Å². The highest BCUT2D eigenvalue weighted by Crippen LogP contribution is 2.42. The highest BCUT2D eigenvalue weighted by Gasteiger charge is 2.46. The molecule has 33 heavy (non-hydrogen) atoms. The largest absolute Gasteiger partial charge is 0.508 e. The number of benzene rings is 2. The molecule has 0 radical (unpaired) electrons. The second-order valence-corrected chi connectivity index (χ2v) is 10.2. The van der Waals surface area contributed by atoms with Crippen LogP contribution in [0.3, 0.4) is 0 Å². The van der Waals surface area contributed by atoms with Gasteiger partial charge in [-0.25, -0.2) is 26.7 Å². The third-order valence-electron chi connectivity index (χ3n) is 6.04. The number of nitrogens with zero attached hydrogens (tertiary/aromatic N) is 3. The lowest BCUT2D eigenvalue weighted by Gasteiger charge is -2.18. The van der Waals surface area contributed by atoms with Crippen molar-refractivity contribution in [2.45, 2.75) is 25.4 Å². The Morgan fingerprint density at radius 2 is 1.97 bits per heavy atom. The molecule has 2 aliphatic heterocycles. The molecule has 0 aliphatic carbocycles. The number of sulfonamides is 1. The van der Waals surface area contributed by atoms with Crippen molar-refractivity contribution in [3.63, 3.8) is 0 Å². The first-order valence-corrected chi connectivity index (χ1v) is 12.0. The molecule has 0 unspecified atom stereocenters. The third-order valence-corrected chi connectivity index (χ3v) is 7.49. The molecular formula is C21H20F2N4O5S. The lowest BCUT2D eigenvalue weighted by Crippen LogP contribution is -2.41. The van der Waals surface area contributed by atoms with Crippen molar-refractivity contribution < 1.29 is 31.6 Å². The van der Waals surface area contributed by atoms with Gasteiger partial charge in [0.2, 0.25) is 10.0 Å². The summed E-state index contributed by atoms with van der Waals surface area (Å²) in [6.45, 7) is 1.93. The summed E-state index contributed by atoms with van der Waals surface area (Å²) < 4.78 is 60.8. The number of carbonyl (C=O) groups is 1. The second-order valence-electron chi connectivity index (χ2n) is 8.12. The van der Waals surface area contributed by atoms with Crippen molar-refractivity contribution in [2.75, 3.05) is 23.7 Å². The van der Waals surface area contributed by atoms with Crippen LogP contribution in [0.1, 0.15) is 13.3 Å². The van der Waals surface area contributed by atoms with E-state index in [-0.39, 0.29) is 64.6 Å². The molecule has 2 aromatic carbocycles. The van der Waals surface area contributed by atoms with Crippen molar-refractivity contribution in [1.29, 1.82) is 0 Å². The summed E-state index contributed by atoms with van der Waals surface area (Å²) in [4.78, 5) is 16.1. The molecule has 0 spiro atoms. The van der Waals surface area contributed by atoms with E-state index in [9.17, 15) is 27.1 Å². The van der Waals surface area contributed by atoms with Crippen molar-refractivity contribution in [1.82, 2.24) is 14.8 Å². The summed E-state index contributed by atoms with van der Waals surface area (Å²) >= 11 is 0. The standard InChI is InChI=1S/C21H20F2N4O5S/c1-2-33(30,31)25-11-6-12-10-27(21(29)26(12)9-11)20-19-14(7-13(28)8-17(19)32-24-20)18-15(22)4-3-5-16(18)23/h3-5,7-8,11-12,25,28H,2,6,9-10H2,1H3/t11-,12-/m0/s1. The monoisotopic (exact) mass is 478 g/mol. The van der Waals surface area contributed by atoms with Crippen LogP contribution in [-0.4, -0.2) is 60.5 Å². The zero-order chi connectivity index (χ0) is 23.5. The smallest absolute Gasteiger partial charge is 0.326 e. The average molecular weight is 478 g/mol. The van der Waals surface area contributed by atoms with E-state index in [1.54, 1.807) is 4.90 Å². The van der Waals surface area contributed by atoms with Gasteiger partial charge in [-0.3, -0.25) is 4.90 Å². The summed E-state index contributed by atoms with van der Waals surface area (Å²) in [6, 6.07) is 4.80. The fourth-order valence-corrected chi connectivity index (χ4v) is 5.39. The van der Waals surface area contributed by atoms with Crippen LogP contribution in [0.25, 0.3) is 22.1 Å². The van der Waals surface area contributed by atoms with E-state index in [1.165, 1.54) is 30.0 Å². The van der Waals surface area contributed by atoms with Gasteiger partial charge in [0.1, 0.15) is 17.4 Å². The minimum Gasteiger partial charge on any atom is -0.508 e. The fraction of sp³-hybridized carbons (Fsp3) is 0.333. The van der Waals surface area contributed by atoms with E-state index >= 15 is 0 Å². The lowest BCUT2D eigenvalue weighted by atomic mass is 9.99. The summed E-state index contributed by atoms with van der Waals surface area (Å²) in [5.74, 6) is -1.93. The van der Waals surface area contributed by atoms with Crippen LogP contribution >= 0.6 is 0 Å². The number of aromatic hydroxyl groups is 1. The Morgan fingerprint density at radius 3 is 2.64 bits per heavy atom. The average Bonchev–Trinajstić information content (AvgIpc) is 3.41. The molecule has 2 fully saturated rings. The van der Waals surface area contributed by atoms with Crippen LogP contribution in [0.5, 0.6) is 5.75 Å². The van der Waals surface area contributed by atoms with Crippen LogP contribution in [0.4, 0.5) is 19.4 Å². The first kappa shape index (κ1) is 21.6. The molecule has 174 valence electrons. The van der Waals surface area contributed by atoms with Gasteiger partial charge in [-0.2, -0.15) is 0 Å². The molecule has 1 aromatic heterocycles. The molecule has 0 saturated carbocycles. The summed E-state index contributed by atoms with van der Waals surface area (Å²) in [7, 11) is -3.41. The molecule has 2 saturated heterocycles. The number of hydrogen-bond acceptors (Lipinski definition) is 6. The Bertz CT molecular complexity index is 1360. The van der Waals surface area contributed by atoms with Crippen LogP contribution < -0.4 is 9.62 Å². The first-order chi connectivity index (χ1) is 15.7. The van der Waals surface area contributed by atoms with Gasteiger partial charge in [0.05, 0.1) is 22.7 Å². The normalized spacial score (nSPS) is 20.8. The number of aromatic nitrogens is 1. The maximum atomic E-state index is 14.6. The van der Waals surface area contributed by atoms with Crippen molar-refractivity contribution in [3.05, 3.63) is 42.0 Å². The molecule has 2 N–H and O–H groups in total. The van der Waals surface area contributed by atoms with Crippen LogP contribution in [-0.2, 0) is 10.0 Å². The Labute approximate surface area is 187 Å². The highest BCUT2D eigenvalue weighted by atomic mass is 32.2.